The molecule has 0 aliphatic rings. The van der Waals surface area contributed by atoms with Gasteiger partial charge in [0.2, 0.25) is 5.91 Å². The van der Waals surface area contributed by atoms with Crippen LogP contribution in [0.3, 0.4) is 0 Å². The lowest BCUT2D eigenvalue weighted by molar-refractivity contribution is -0.113. The van der Waals surface area contributed by atoms with Gasteiger partial charge in [-0.2, -0.15) is 0 Å². The first-order chi connectivity index (χ1) is 16.4. The van der Waals surface area contributed by atoms with Crippen molar-refractivity contribution >= 4 is 40.0 Å². The van der Waals surface area contributed by atoms with E-state index in [9.17, 15) is 14.0 Å². The number of nitrogens with zero attached hydrogens (tertiary/aromatic N) is 3. The molecule has 3 rings (SSSR count). The van der Waals surface area contributed by atoms with E-state index in [2.05, 4.69) is 22.1 Å². The topological polar surface area (TPSA) is 95.3 Å². The van der Waals surface area contributed by atoms with E-state index in [1.165, 1.54) is 54.5 Å². The molecule has 0 fully saturated rings. The third-order valence-electron chi connectivity index (χ3n) is 4.82. The highest BCUT2D eigenvalue weighted by Crippen LogP contribution is 2.34. The van der Waals surface area contributed by atoms with Gasteiger partial charge in [-0.25, -0.2) is 9.18 Å². The fourth-order valence-electron chi connectivity index (χ4n) is 3.23. The largest absolute Gasteiger partial charge is 0.486 e. The third-order valence-corrected chi connectivity index (χ3v) is 6.85. The van der Waals surface area contributed by atoms with Crippen molar-refractivity contribution in [2.75, 3.05) is 18.2 Å². The second-order valence-electron chi connectivity index (χ2n) is 7.06. The number of ether oxygens (including phenoxy) is 2. The number of halogens is 1. The maximum Gasteiger partial charge on any atom is 0.341 e. The maximum atomic E-state index is 13.1. The van der Waals surface area contributed by atoms with Gasteiger partial charge in [0.1, 0.15) is 23.2 Å². The lowest BCUT2D eigenvalue weighted by atomic mass is 10.1. The molecule has 0 unspecified atom stereocenters. The Hall–Kier alpha value is -3.18. The third kappa shape index (κ3) is 6.03. The number of methoxy groups -OCH3 is 1. The van der Waals surface area contributed by atoms with E-state index in [0.717, 1.165) is 10.4 Å². The molecular formula is C23H25FN4O4S2. The lowest BCUT2D eigenvalue weighted by Gasteiger charge is -2.09. The zero-order valence-electron chi connectivity index (χ0n) is 19.1. The molecule has 180 valence electrons. The first-order valence-corrected chi connectivity index (χ1v) is 12.2. The van der Waals surface area contributed by atoms with Gasteiger partial charge in [0.15, 0.2) is 11.0 Å². The number of thiophene rings is 1. The van der Waals surface area contributed by atoms with Crippen LogP contribution in [0.4, 0.5) is 9.39 Å². The Labute approximate surface area is 205 Å². The molecule has 1 N–H and O–H groups in total. The number of rotatable bonds is 11. The summed E-state index contributed by atoms with van der Waals surface area (Å²) in [6, 6.07) is 5.69. The summed E-state index contributed by atoms with van der Waals surface area (Å²) in [5.74, 6) is 0.00917. The molecule has 0 aliphatic heterocycles. The first-order valence-electron chi connectivity index (χ1n) is 10.4. The number of hydrogen-bond acceptors (Lipinski definition) is 8. The molecule has 1 amide bonds. The number of hydrogen-bond donors (Lipinski definition) is 1. The number of carbonyl (C=O) groups excluding carboxylic acids is 2. The number of carbonyl (C=O) groups is 2. The summed E-state index contributed by atoms with van der Waals surface area (Å²) < 4.78 is 25.4. The summed E-state index contributed by atoms with van der Waals surface area (Å²) in [5.41, 5.74) is 1.28. The number of anilines is 1. The zero-order chi connectivity index (χ0) is 24.7. The monoisotopic (exact) mass is 504 g/mol. The molecule has 0 saturated heterocycles. The van der Waals surface area contributed by atoms with Crippen LogP contribution in [0.25, 0.3) is 0 Å². The van der Waals surface area contributed by atoms with Gasteiger partial charge in [0, 0.05) is 11.4 Å². The number of esters is 1. The van der Waals surface area contributed by atoms with Gasteiger partial charge in [-0.1, -0.05) is 24.8 Å². The standard InChI is InChI=1S/C23H25FN4O4S2/c1-5-11-28-18(12-32-16-9-7-15(24)8-10-16)26-27-23(28)33-13-19(29)25-21-20(22(30)31-4)17(6-2)14(3)34-21/h5,7-10H,1,6,11-13H2,2-4H3,(H,25,29). The van der Waals surface area contributed by atoms with Crippen molar-refractivity contribution in [1.82, 2.24) is 14.8 Å². The second kappa shape index (κ2) is 11.8. The summed E-state index contributed by atoms with van der Waals surface area (Å²) >= 11 is 2.56. The van der Waals surface area contributed by atoms with Crippen molar-refractivity contribution in [2.24, 2.45) is 0 Å². The number of nitrogens with one attached hydrogen (secondary N) is 1. The van der Waals surface area contributed by atoms with Gasteiger partial charge >= 0.3 is 5.97 Å². The predicted octanol–water partition coefficient (Wildman–Crippen LogP) is 4.63. The SMILES string of the molecule is C=CCn1c(COc2ccc(F)cc2)nnc1SCC(=O)Nc1sc(C)c(CC)c1C(=O)OC. The Morgan fingerprint density at radius 1 is 1.29 bits per heavy atom. The summed E-state index contributed by atoms with van der Waals surface area (Å²) in [4.78, 5) is 25.9. The average molecular weight is 505 g/mol. The molecule has 0 bridgehead atoms. The molecule has 2 heterocycles. The second-order valence-corrected chi connectivity index (χ2v) is 9.23. The van der Waals surface area contributed by atoms with Crippen molar-refractivity contribution in [1.29, 1.82) is 0 Å². The van der Waals surface area contributed by atoms with E-state index in [4.69, 9.17) is 9.47 Å². The molecule has 0 aliphatic carbocycles. The summed E-state index contributed by atoms with van der Waals surface area (Å²) in [6.07, 6.45) is 2.35. The normalized spacial score (nSPS) is 10.7. The van der Waals surface area contributed by atoms with Gasteiger partial charge in [0.05, 0.1) is 18.4 Å². The van der Waals surface area contributed by atoms with E-state index in [-0.39, 0.29) is 24.1 Å². The van der Waals surface area contributed by atoms with E-state index in [1.807, 2.05) is 13.8 Å². The highest BCUT2D eigenvalue weighted by atomic mass is 32.2. The Kier molecular flexibility index (Phi) is 8.83. The number of aromatic nitrogens is 3. The molecule has 0 atom stereocenters. The molecule has 0 saturated carbocycles. The fourth-order valence-corrected chi connectivity index (χ4v) is 5.14. The van der Waals surface area contributed by atoms with Gasteiger partial charge in [0.25, 0.3) is 0 Å². The lowest BCUT2D eigenvalue weighted by Crippen LogP contribution is -2.17. The van der Waals surface area contributed by atoms with E-state index < -0.39 is 5.97 Å². The Morgan fingerprint density at radius 3 is 2.68 bits per heavy atom. The molecule has 0 spiro atoms. The van der Waals surface area contributed by atoms with Gasteiger partial charge in [-0.15, -0.1) is 28.1 Å². The van der Waals surface area contributed by atoms with Crippen LogP contribution >= 0.6 is 23.1 Å². The smallest absolute Gasteiger partial charge is 0.341 e. The quantitative estimate of drug-likeness (QED) is 0.231. The molecule has 0 radical (unpaired) electrons. The molecule has 2 aromatic heterocycles. The van der Waals surface area contributed by atoms with Gasteiger partial charge < -0.3 is 14.8 Å². The van der Waals surface area contributed by atoms with Crippen LogP contribution in [0.15, 0.2) is 42.1 Å². The molecule has 8 nitrogen and oxygen atoms in total. The molecule has 3 aromatic rings. The Bertz CT molecular complexity index is 1170. The van der Waals surface area contributed by atoms with Crippen LogP contribution in [-0.2, 0) is 29.1 Å². The number of aryl methyl sites for hydroxylation is 1. The van der Waals surface area contributed by atoms with E-state index >= 15 is 0 Å². The van der Waals surface area contributed by atoms with Crippen LogP contribution in [0, 0.1) is 12.7 Å². The van der Waals surface area contributed by atoms with Crippen LogP contribution in [0.1, 0.15) is 33.5 Å². The minimum atomic E-state index is -0.472. The zero-order valence-corrected chi connectivity index (χ0v) is 20.7. The number of benzene rings is 1. The van der Waals surface area contributed by atoms with Gasteiger partial charge in [-0.3, -0.25) is 9.36 Å². The maximum absolute atomic E-state index is 13.1. The number of thioether (sulfide) groups is 1. The summed E-state index contributed by atoms with van der Waals surface area (Å²) in [7, 11) is 1.32. The fraction of sp³-hybridized carbons (Fsp3) is 0.304. The van der Waals surface area contributed by atoms with Crippen molar-refractivity contribution in [3.05, 3.63) is 64.6 Å². The van der Waals surface area contributed by atoms with Crippen molar-refractivity contribution < 1.29 is 23.5 Å². The molecule has 1 aromatic carbocycles. The highest BCUT2D eigenvalue weighted by molar-refractivity contribution is 7.99. The number of amides is 1. The summed E-state index contributed by atoms with van der Waals surface area (Å²) in [6.45, 7) is 8.17. The molecule has 34 heavy (non-hydrogen) atoms. The van der Waals surface area contributed by atoms with Crippen LogP contribution in [0.2, 0.25) is 0 Å². The molecule has 11 heteroatoms. The average Bonchev–Trinajstić information content (AvgIpc) is 3.36. The Balaban J connectivity index is 1.67. The molecular weight excluding hydrogens is 479 g/mol. The summed E-state index contributed by atoms with van der Waals surface area (Å²) in [5, 5.41) is 12.2. The van der Waals surface area contributed by atoms with Crippen molar-refractivity contribution in [2.45, 2.75) is 38.6 Å². The van der Waals surface area contributed by atoms with Crippen LogP contribution < -0.4 is 10.1 Å². The first kappa shape index (κ1) is 25.4. The van der Waals surface area contributed by atoms with Crippen molar-refractivity contribution in [3.8, 4) is 5.75 Å². The van der Waals surface area contributed by atoms with Crippen LogP contribution in [-0.4, -0.2) is 39.5 Å². The van der Waals surface area contributed by atoms with Crippen LogP contribution in [0.5, 0.6) is 5.75 Å². The van der Waals surface area contributed by atoms with Gasteiger partial charge in [-0.05, 0) is 43.2 Å². The van der Waals surface area contributed by atoms with Crippen molar-refractivity contribution in [3.63, 3.8) is 0 Å². The highest BCUT2D eigenvalue weighted by Gasteiger charge is 2.23. The minimum Gasteiger partial charge on any atom is -0.486 e. The number of allylic oxidation sites excluding steroid dienone is 1. The minimum absolute atomic E-state index is 0.0626. The Morgan fingerprint density at radius 2 is 2.03 bits per heavy atom. The predicted molar refractivity (Wildman–Crippen MR) is 130 cm³/mol. The van der Waals surface area contributed by atoms with E-state index in [0.29, 0.717) is 40.3 Å². The van der Waals surface area contributed by atoms with E-state index in [1.54, 1.807) is 10.6 Å².